The van der Waals surface area contributed by atoms with E-state index in [1.807, 2.05) is 66.7 Å². The van der Waals surface area contributed by atoms with Crippen molar-refractivity contribution in [3.63, 3.8) is 0 Å². The molecule has 0 unspecified atom stereocenters. The van der Waals surface area contributed by atoms with Gasteiger partial charge in [0.2, 0.25) is 8.32 Å². The number of hydrogen-bond acceptors (Lipinski definition) is 6. The molecule has 0 fully saturated rings. The Balaban J connectivity index is 2.51. The fraction of sp³-hybridized carbons (Fsp3) is 0.556. The van der Waals surface area contributed by atoms with E-state index in [4.69, 9.17) is 18.6 Å². The van der Waals surface area contributed by atoms with Gasteiger partial charge in [-0.2, -0.15) is 0 Å². The predicted molar refractivity (Wildman–Crippen MR) is 176 cm³/mol. The van der Waals surface area contributed by atoms with E-state index in [0.29, 0.717) is 23.0 Å². The Labute approximate surface area is 261 Å². The van der Waals surface area contributed by atoms with Crippen molar-refractivity contribution >= 4 is 20.3 Å². The predicted octanol–water partition coefficient (Wildman–Crippen LogP) is 8.80. The maximum absolute atomic E-state index is 13.3. The molecule has 0 aliphatic heterocycles. The Morgan fingerprint density at radius 2 is 1.33 bits per heavy atom. The maximum atomic E-state index is 13.3. The lowest BCUT2D eigenvalue weighted by Gasteiger charge is -2.48. The molecule has 0 bridgehead atoms. The highest BCUT2D eigenvalue weighted by Gasteiger charge is 2.51. The third kappa shape index (κ3) is 10.2. The molecule has 0 aliphatic carbocycles. The molecule has 0 heterocycles. The van der Waals surface area contributed by atoms with E-state index >= 15 is 0 Å². The Morgan fingerprint density at radius 3 is 1.77 bits per heavy atom. The van der Waals surface area contributed by atoms with Crippen molar-refractivity contribution in [2.75, 3.05) is 0 Å². The largest absolute Gasteiger partial charge is 0.461 e. The van der Waals surface area contributed by atoms with Crippen molar-refractivity contribution in [3.05, 3.63) is 84.4 Å². The molecule has 0 aromatic heterocycles. The van der Waals surface area contributed by atoms with Gasteiger partial charge in [0.1, 0.15) is 18.3 Å². The monoisotopic (exact) mass is 610 g/mol. The number of carbonyl (C=O) groups is 2. The molecule has 2 aromatic carbocycles. The second-order valence-corrected chi connectivity index (χ2v) is 18.2. The minimum atomic E-state index is -2.30. The van der Waals surface area contributed by atoms with Crippen molar-refractivity contribution in [2.24, 2.45) is 5.92 Å². The molecular weight excluding hydrogens is 556 g/mol. The molecule has 0 amide bonds. The van der Waals surface area contributed by atoms with Gasteiger partial charge in [0.25, 0.3) is 0 Å². The minimum Gasteiger partial charge on any atom is -0.461 e. The molecule has 0 saturated carbocycles. The normalized spacial score (nSPS) is 15.5. The van der Waals surface area contributed by atoms with Gasteiger partial charge in [0.05, 0.1) is 19.1 Å². The summed E-state index contributed by atoms with van der Waals surface area (Å²) in [5, 5.41) is 0. The molecule has 43 heavy (non-hydrogen) atoms. The molecule has 0 spiro atoms. The summed E-state index contributed by atoms with van der Waals surface area (Å²) in [4.78, 5) is 25.8. The van der Waals surface area contributed by atoms with Crippen LogP contribution in [0.4, 0.5) is 0 Å². The SMILES string of the molecule is C=CC[C@H](O[Si](C(C)C)(C(C)C)C(C)C)[C@H](C)[C@@H](OCc1ccccc1)[C@@](C)(CC(=O)OCc1ccccc1)OC(C)=O. The number of ether oxygens (including phenoxy) is 3. The lowest BCUT2D eigenvalue weighted by Crippen LogP contribution is -2.56. The maximum Gasteiger partial charge on any atom is 0.310 e. The third-order valence-corrected chi connectivity index (χ3v) is 14.6. The highest BCUT2D eigenvalue weighted by molar-refractivity contribution is 6.77. The van der Waals surface area contributed by atoms with E-state index in [1.54, 1.807) is 6.92 Å². The number of benzene rings is 2. The molecule has 2 aromatic rings. The number of esters is 2. The summed E-state index contributed by atoms with van der Waals surface area (Å²) in [5.74, 6) is -1.21. The Morgan fingerprint density at radius 1 is 0.837 bits per heavy atom. The molecule has 2 rings (SSSR count). The summed E-state index contributed by atoms with van der Waals surface area (Å²) in [5.41, 5.74) is 1.68. The zero-order valence-corrected chi connectivity index (χ0v) is 28.8. The van der Waals surface area contributed by atoms with Crippen molar-refractivity contribution in [3.8, 4) is 0 Å². The van der Waals surface area contributed by atoms with E-state index in [9.17, 15) is 9.59 Å². The van der Waals surface area contributed by atoms with Crippen LogP contribution in [0.5, 0.6) is 0 Å². The molecule has 6 nitrogen and oxygen atoms in total. The van der Waals surface area contributed by atoms with E-state index < -0.39 is 32.0 Å². The summed E-state index contributed by atoms with van der Waals surface area (Å²) in [6, 6.07) is 19.4. The number of rotatable bonds is 18. The van der Waals surface area contributed by atoms with Crippen molar-refractivity contribution in [1.82, 2.24) is 0 Å². The van der Waals surface area contributed by atoms with Crippen LogP contribution in [0.15, 0.2) is 73.3 Å². The third-order valence-electron chi connectivity index (χ3n) is 8.51. The van der Waals surface area contributed by atoms with E-state index in [0.717, 1.165) is 11.1 Å². The number of hydrogen-bond donors (Lipinski definition) is 0. The van der Waals surface area contributed by atoms with Crippen LogP contribution in [0.3, 0.4) is 0 Å². The molecule has 0 aliphatic rings. The second-order valence-electron chi connectivity index (χ2n) is 12.8. The lowest BCUT2D eigenvalue weighted by atomic mass is 9.82. The van der Waals surface area contributed by atoms with Gasteiger partial charge in [-0.15, -0.1) is 6.58 Å². The molecule has 238 valence electrons. The van der Waals surface area contributed by atoms with Crippen LogP contribution < -0.4 is 0 Å². The van der Waals surface area contributed by atoms with Gasteiger partial charge < -0.3 is 18.6 Å². The average molecular weight is 611 g/mol. The smallest absolute Gasteiger partial charge is 0.310 e. The van der Waals surface area contributed by atoms with Gasteiger partial charge in [0, 0.05) is 12.8 Å². The highest BCUT2D eigenvalue weighted by atomic mass is 28.4. The first kappa shape index (κ1) is 36.4. The molecular formula is C36H54O6Si. The quantitative estimate of drug-likeness (QED) is 0.0954. The minimum absolute atomic E-state index is 0.133. The molecule has 0 radical (unpaired) electrons. The molecule has 7 heteroatoms. The van der Waals surface area contributed by atoms with Crippen molar-refractivity contribution in [1.29, 1.82) is 0 Å². The first-order chi connectivity index (χ1) is 20.3. The van der Waals surface area contributed by atoms with Gasteiger partial charge in [0.15, 0.2) is 0 Å². The lowest BCUT2D eigenvalue weighted by molar-refractivity contribution is -0.194. The van der Waals surface area contributed by atoms with Gasteiger partial charge in [-0.05, 0) is 41.1 Å². The van der Waals surface area contributed by atoms with E-state index in [2.05, 4.69) is 55.0 Å². The standard InChI is InChI=1S/C36H54O6Si/c1-11-18-33(42-43(26(2)3,27(4)5)28(6)7)29(8)35(40-25-32-21-16-13-17-22-32)36(10,41-30(9)37)23-34(38)39-24-31-19-14-12-15-20-31/h11-17,19-22,26-29,33,35H,1,18,23-25H2,2-10H3/t29-,33-,35+,36+/m0/s1. The molecule has 0 saturated heterocycles. The van der Waals surface area contributed by atoms with Crippen LogP contribution in [0.1, 0.15) is 86.3 Å². The van der Waals surface area contributed by atoms with Crippen LogP contribution in [0, 0.1) is 5.92 Å². The van der Waals surface area contributed by atoms with Gasteiger partial charge in [-0.3, -0.25) is 9.59 Å². The Kier molecular flexibility index (Phi) is 14.3. The highest BCUT2D eigenvalue weighted by Crippen LogP contribution is 2.45. The van der Waals surface area contributed by atoms with Crippen LogP contribution >= 0.6 is 0 Å². The van der Waals surface area contributed by atoms with Crippen molar-refractivity contribution in [2.45, 2.75) is 123 Å². The van der Waals surface area contributed by atoms with Gasteiger partial charge >= 0.3 is 11.9 Å². The summed E-state index contributed by atoms with van der Waals surface area (Å²) in [7, 11) is -2.30. The van der Waals surface area contributed by atoms with E-state index in [-0.39, 0.29) is 31.7 Å². The summed E-state index contributed by atoms with van der Waals surface area (Å²) in [6.45, 7) is 23.2. The van der Waals surface area contributed by atoms with Gasteiger partial charge in [-0.25, -0.2) is 0 Å². The summed E-state index contributed by atoms with van der Waals surface area (Å²) >= 11 is 0. The fourth-order valence-corrected chi connectivity index (χ4v) is 12.3. The Hall–Kier alpha value is -2.74. The molecule has 4 atom stereocenters. The summed E-state index contributed by atoms with van der Waals surface area (Å²) in [6.07, 6.45) is 1.39. The van der Waals surface area contributed by atoms with Crippen LogP contribution in [-0.2, 0) is 41.4 Å². The van der Waals surface area contributed by atoms with E-state index in [1.165, 1.54) is 6.92 Å². The first-order valence-corrected chi connectivity index (χ1v) is 17.7. The second kappa shape index (κ2) is 16.9. The zero-order valence-electron chi connectivity index (χ0n) is 27.8. The average Bonchev–Trinajstić information content (AvgIpc) is 2.94. The zero-order chi connectivity index (χ0) is 32.2. The van der Waals surface area contributed by atoms with Gasteiger partial charge in [-0.1, -0.05) is 115 Å². The Bertz CT molecular complexity index is 1110. The van der Waals surface area contributed by atoms with Crippen LogP contribution in [0.25, 0.3) is 0 Å². The first-order valence-electron chi connectivity index (χ1n) is 15.6. The topological polar surface area (TPSA) is 71.1 Å². The fourth-order valence-electron chi connectivity index (χ4n) is 6.64. The number of carbonyl (C=O) groups excluding carboxylic acids is 2. The van der Waals surface area contributed by atoms with Crippen LogP contribution in [0.2, 0.25) is 16.6 Å². The molecule has 0 N–H and O–H groups in total. The van der Waals surface area contributed by atoms with Crippen molar-refractivity contribution < 1.29 is 28.2 Å². The summed E-state index contributed by atoms with van der Waals surface area (Å²) < 4.78 is 25.6. The van der Waals surface area contributed by atoms with Crippen LogP contribution in [-0.4, -0.2) is 38.1 Å².